The zero-order valence-corrected chi connectivity index (χ0v) is 27.0. The summed E-state index contributed by atoms with van der Waals surface area (Å²) in [4.78, 5) is 12.7. The van der Waals surface area contributed by atoms with E-state index in [1.54, 1.807) is 0 Å². The minimum absolute atomic E-state index is 0.653. The van der Waals surface area contributed by atoms with Crippen LogP contribution in [0.25, 0.3) is 33.3 Å². The highest BCUT2D eigenvalue weighted by Crippen LogP contribution is 2.32. The van der Waals surface area contributed by atoms with Crippen molar-refractivity contribution in [1.29, 1.82) is 0 Å². The highest BCUT2D eigenvalue weighted by atomic mass is 16.3. The van der Waals surface area contributed by atoms with Crippen molar-refractivity contribution in [3.63, 3.8) is 0 Å². The van der Waals surface area contributed by atoms with Gasteiger partial charge in [0.2, 0.25) is 0 Å². The van der Waals surface area contributed by atoms with E-state index in [4.69, 9.17) is 14.4 Å². The van der Waals surface area contributed by atoms with E-state index in [1.807, 2.05) is 0 Å². The van der Waals surface area contributed by atoms with Crippen LogP contribution in [0, 0.1) is 5.92 Å². The molecule has 4 rings (SSSR count). The number of hydrogen-bond donors (Lipinski definition) is 0. The Balaban J connectivity index is 1.60. The molecule has 0 radical (unpaired) electrons. The van der Waals surface area contributed by atoms with Crippen LogP contribution in [-0.2, 0) is 0 Å². The summed E-state index contributed by atoms with van der Waals surface area (Å²) in [5, 5.41) is 3.33. The van der Waals surface area contributed by atoms with Gasteiger partial charge < -0.3 is 9.32 Å². The van der Waals surface area contributed by atoms with Gasteiger partial charge in [0.05, 0.1) is 5.36 Å². The molecule has 228 valence electrons. The van der Waals surface area contributed by atoms with Gasteiger partial charge in [0, 0.05) is 48.2 Å². The molecule has 0 fully saturated rings. The standard InChI is InChI=1S/C38H55N3O/c1-5-9-11-13-15-17-21-30(22-18-16-14-12-10-6-2)29-39-35-28-37-38(33-24-20-19-23-32(33)35)40-34-26-25-31(27-36(34)42-37)41(7-3)8-4/h19-20,23-28,30H,5-18,21-22,29H2,1-4H3/b39-35-. The molecule has 0 saturated heterocycles. The van der Waals surface area contributed by atoms with Crippen molar-refractivity contribution in [3.05, 3.63) is 53.9 Å². The van der Waals surface area contributed by atoms with Gasteiger partial charge >= 0.3 is 0 Å². The minimum Gasteiger partial charge on any atom is -0.453 e. The number of anilines is 1. The van der Waals surface area contributed by atoms with Crippen LogP contribution in [0.4, 0.5) is 5.69 Å². The van der Waals surface area contributed by atoms with Crippen molar-refractivity contribution in [2.45, 2.75) is 118 Å². The van der Waals surface area contributed by atoms with E-state index in [1.165, 1.54) is 101 Å². The zero-order valence-electron chi connectivity index (χ0n) is 27.0. The Morgan fingerprint density at radius 3 is 1.98 bits per heavy atom. The maximum Gasteiger partial charge on any atom is 0.155 e. The van der Waals surface area contributed by atoms with Crippen molar-refractivity contribution in [3.8, 4) is 11.5 Å². The normalized spacial score (nSPS) is 12.4. The summed E-state index contributed by atoms with van der Waals surface area (Å²) in [6, 6.07) is 17.1. The molecule has 0 spiro atoms. The molecule has 0 aromatic heterocycles. The molecule has 0 saturated carbocycles. The Hall–Kier alpha value is -2.88. The van der Waals surface area contributed by atoms with Gasteiger partial charge in [-0.05, 0) is 44.7 Å². The number of benzene rings is 3. The van der Waals surface area contributed by atoms with Crippen LogP contribution in [0.15, 0.2) is 57.9 Å². The maximum absolute atomic E-state index is 6.56. The van der Waals surface area contributed by atoms with Crippen molar-refractivity contribution in [1.82, 2.24) is 4.98 Å². The molecule has 0 atom stereocenters. The van der Waals surface area contributed by atoms with Crippen LogP contribution in [0.2, 0.25) is 0 Å². The van der Waals surface area contributed by atoms with E-state index in [-0.39, 0.29) is 0 Å². The molecular formula is C38H55N3O. The van der Waals surface area contributed by atoms with Gasteiger partial charge in [0.15, 0.2) is 11.3 Å². The third kappa shape index (κ3) is 8.82. The number of nitrogens with zero attached hydrogens (tertiary/aromatic N) is 3. The molecule has 42 heavy (non-hydrogen) atoms. The smallest absolute Gasteiger partial charge is 0.155 e. The predicted molar refractivity (Wildman–Crippen MR) is 182 cm³/mol. The first-order valence-electron chi connectivity index (χ1n) is 17.2. The fraction of sp³-hybridized carbons (Fsp3) is 0.579. The van der Waals surface area contributed by atoms with Gasteiger partial charge in [-0.3, -0.25) is 4.99 Å². The van der Waals surface area contributed by atoms with Crippen molar-refractivity contribution in [2.24, 2.45) is 10.9 Å². The van der Waals surface area contributed by atoms with Crippen molar-refractivity contribution >= 4 is 27.6 Å². The average Bonchev–Trinajstić information content (AvgIpc) is 3.02. The summed E-state index contributed by atoms with van der Waals surface area (Å²) in [5.74, 6) is 1.47. The second-order valence-electron chi connectivity index (χ2n) is 12.1. The first-order valence-corrected chi connectivity index (χ1v) is 17.2. The number of aromatic nitrogens is 1. The van der Waals surface area contributed by atoms with E-state index in [9.17, 15) is 0 Å². The van der Waals surface area contributed by atoms with E-state index >= 15 is 0 Å². The van der Waals surface area contributed by atoms with E-state index in [2.05, 4.69) is 81.1 Å². The summed E-state index contributed by atoms with van der Waals surface area (Å²) in [7, 11) is 0. The summed E-state index contributed by atoms with van der Waals surface area (Å²) >= 11 is 0. The second kappa shape index (κ2) is 17.3. The van der Waals surface area contributed by atoms with Crippen LogP contribution < -0.4 is 10.3 Å². The van der Waals surface area contributed by atoms with Gasteiger partial charge in [0.25, 0.3) is 0 Å². The molecule has 0 N–H and O–H groups in total. The van der Waals surface area contributed by atoms with Crippen LogP contribution in [0.5, 0.6) is 0 Å². The van der Waals surface area contributed by atoms with E-state index < -0.39 is 0 Å². The number of fused-ring (bicyclic) bond motifs is 4. The lowest BCUT2D eigenvalue weighted by Crippen LogP contribution is -2.21. The predicted octanol–water partition coefficient (Wildman–Crippen LogP) is 11.0. The number of unbranched alkanes of at least 4 members (excludes halogenated alkanes) is 10. The first kappa shape index (κ1) is 32.0. The summed E-state index contributed by atoms with van der Waals surface area (Å²) < 4.78 is 6.56. The first-order chi connectivity index (χ1) is 20.7. The van der Waals surface area contributed by atoms with Crippen LogP contribution in [0.1, 0.15) is 118 Å². The fourth-order valence-corrected chi connectivity index (χ4v) is 6.32. The van der Waals surface area contributed by atoms with Crippen molar-refractivity contribution in [2.75, 3.05) is 24.5 Å². The van der Waals surface area contributed by atoms with Crippen LogP contribution in [0.3, 0.4) is 0 Å². The molecule has 2 aromatic rings. The average molecular weight is 570 g/mol. The quantitative estimate of drug-likeness (QED) is 0.0640. The molecule has 4 heteroatoms. The molecular weight excluding hydrogens is 514 g/mol. The summed E-state index contributed by atoms with van der Waals surface area (Å²) in [6.07, 6.45) is 18.9. The molecule has 1 heterocycles. The second-order valence-corrected chi connectivity index (χ2v) is 12.1. The molecule has 4 nitrogen and oxygen atoms in total. The Bertz CT molecular complexity index is 1370. The number of hydrogen-bond acceptors (Lipinski definition) is 4. The van der Waals surface area contributed by atoms with Gasteiger partial charge in [0.1, 0.15) is 11.2 Å². The van der Waals surface area contributed by atoms with Crippen LogP contribution in [-0.4, -0.2) is 24.6 Å². The van der Waals surface area contributed by atoms with Crippen molar-refractivity contribution < 1.29 is 4.42 Å². The Morgan fingerprint density at radius 1 is 0.714 bits per heavy atom. The Kier molecular flexibility index (Phi) is 13.2. The van der Waals surface area contributed by atoms with Crippen LogP contribution >= 0.6 is 0 Å². The molecule has 2 aromatic carbocycles. The molecule has 0 bridgehead atoms. The van der Waals surface area contributed by atoms with Gasteiger partial charge in [-0.2, -0.15) is 0 Å². The number of rotatable bonds is 19. The highest BCUT2D eigenvalue weighted by Gasteiger charge is 2.16. The molecule has 2 aliphatic rings. The molecule has 0 unspecified atom stereocenters. The SMILES string of the molecule is CCCCCCCCC(CCCCCCCC)C/N=c1/cc2oc3cc(N(CC)CC)ccc3nc-2c2ccccc12. The third-order valence-electron chi connectivity index (χ3n) is 8.94. The molecule has 1 aliphatic heterocycles. The topological polar surface area (TPSA) is 41.6 Å². The Morgan fingerprint density at radius 2 is 1.33 bits per heavy atom. The molecule has 0 amide bonds. The van der Waals surface area contributed by atoms with Gasteiger partial charge in [-0.25, -0.2) is 4.98 Å². The lowest BCUT2D eigenvalue weighted by molar-refractivity contribution is 0.409. The minimum atomic E-state index is 0.653. The van der Waals surface area contributed by atoms with Gasteiger partial charge in [-0.1, -0.05) is 115 Å². The van der Waals surface area contributed by atoms with E-state index in [0.717, 1.165) is 52.9 Å². The Labute approximate surface area is 255 Å². The highest BCUT2D eigenvalue weighted by molar-refractivity contribution is 5.96. The third-order valence-corrected chi connectivity index (χ3v) is 8.94. The summed E-state index contributed by atoms with van der Waals surface area (Å²) in [6.45, 7) is 11.8. The lowest BCUT2D eigenvalue weighted by Gasteiger charge is -2.21. The largest absolute Gasteiger partial charge is 0.453 e. The monoisotopic (exact) mass is 569 g/mol. The zero-order chi connectivity index (χ0) is 29.6. The van der Waals surface area contributed by atoms with E-state index in [0.29, 0.717) is 5.92 Å². The lowest BCUT2D eigenvalue weighted by atomic mass is 9.94. The molecule has 1 aliphatic carbocycles. The fourth-order valence-electron chi connectivity index (χ4n) is 6.32. The maximum atomic E-state index is 6.56. The summed E-state index contributed by atoms with van der Waals surface area (Å²) in [5.41, 5.74) is 3.82. The van der Waals surface area contributed by atoms with Gasteiger partial charge in [-0.15, -0.1) is 0 Å².